The molecule has 1 aliphatic carbocycles. The molecule has 3 nitrogen and oxygen atoms in total. The first-order valence-corrected chi connectivity index (χ1v) is 9.45. The largest absolute Gasteiger partial charge is 0.508 e. The number of phenols is 1. The van der Waals surface area contributed by atoms with Gasteiger partial charge >= 0.3 is 0 Å². The van der Waals surface area contributed by atoms with E-state index in [1.54, 1.807) is 6.07 Å². The average Bonchev–Trinajstić information content (AvgIpc) is 2.73. The van der Waals surface area contributed by atoms with E-state index in [0.717, 1.165) is 41.2 Å². The van der Waals surface area contributed by atoms with Crippen molar-refractivity contribution in [2.75, 3.05) is 0 Å². The smallest absolute Gasteiger partial charge is 0.224 e. The molecule has 0 saturated carbocycles. The van der Waals surface area contributed by atoms with Gasteiger partial charge in [0.15, 0.2) is 0 Å². The maximum atomic E-state index is 13.0. The third kappa shape index (κ3) is 3.59. The van der Waals surface area contributed by atoms with E-state index in [2.05, 4.69) is 17.5 Å². The first-order chi connectivity index (χ1) is 13.2. The van der Waals surface area contributed by atoms with Crippen molar-refractivity contribution in [3.63, 3.8) is 0 Å². The van der Waals surface area contributed by atoms with Crippen LogP contribution in [0.4, 0.5) is 0 Å². The van der Waals surface area contributed by atoms with Crippen LogP contribution in [0, 0.1) is 5.92 Å². The summed E-state index contributed by atoms with van der Waals surface area (Å²) < 4.78 is 0. The van der Waals surface area contributed by atoms with E-state index < -0.39 is 6.04 Å². The van der Waals surface area contributed by atoms with Gasteiger partial charge in [-0.05, 0) is 41.7 Å². The van der Waals surface area contributed by atoms with Crippen molar-refractivity contribution in [3.8, 4) is 5.75 Å². The van der Waals surface area contributed by atoms with E-state index >= 15 is 0 Å². The van der Waals surface area contributed by atoms with Crippen LogP contribution < -0.4 is 5.32 Å². The summed E-state index contributed by atoms with van der Waals surface area (Å²) in [5.41, 5.74) is 1.71. The number of hydrogen-bond donors (Lipinski definition) is 2. The summed E-state index contributed by atoms with van der Waals surface area (Å²) in [6, 6.07) is 21.0. The second kappa shape index (κ2) is 7.67. The summed E-state index contributed by atoms with van der Waals surface area (Å²) in [6.45, 7) is 0. The number of amides is 1. The van der Waals surface area contributed by atoms with Crippen molar-refractivity contribution >= 4 is 16.7 Å². The zero-order valence-corrected chi connectivity index (χ0v) is 15.1. The van der Waals surface area contributed by atoms with Crippen LogP contribution in [0.1, 0.15) is 36.4 Å². The fourth-order valence-corrected chi connectivity index (χ4v) is 3.85. The minimum atomic E-state index is -0.393. The number of benzene rings is 3. The molecule has 27 heavy (non-hydrogen) atoms. The molecular formula is C24H23NO2. The molecule has 0 spiro atoms. The number of allylic oxidation sites excluding steroid dienone is 2. The third-order valence-electron chi connectivity index (χ3n) is 5.30. The van der Waals surface area contributed by atoms with Crippen molar-refractivity contribution in [2.45, 2.75) is 25.3 Å². The molecule has 0 fully saturated rings. The number of fused-ring (bicyclic) bond motifs is 1. The second-order valence-electron chi connectivity index (χ2n) is 7.05. The van der Waals surface area contributed by atoms with E-state index in [4.69, 9.17) is 0 Å². The van der Waals surface area contributed by atoms with Crippen molar-refractivity contribution in [3.05, 3.63) is 90.0 Å². The Labute approximate surface area is 159 Å². The van der Waals surface area contributed by atoms with Gasteiger partial charge in [0.25, 0.3) is 0 Å². The predicted octanol–water partition coefficient (Wildman–Crippen LogP) is 5.11. The SMILES string of the molecule is O=C(NC(c1ccccc1)c1c(O)ccc2ccccc12)C1CC=CCC1. The van der Waals surface area contributed by atoms with E-state index in [9.17, 15) is 9.90 Å². The molecule has 2 atom stereocenters. The Bertz CT molecular complexity index is 978. The van der Waals surface area contributed by atoms with Crippen molar-refractivity contribution in [1.82, 2.24) is 5.32 Å². The standard InChI is InChI=1S/C24H23NO2/c26-21-16-15-17-9-7-8-14-20(17)22(21)23(18-10-3-1-4-11-18)25-24(27)19-12-5-2-6-13-19/h1-5,7-11,14-16,19,23,26H,6,12-13H2,(H,25,27). The molecule has 2 N–H and O–H groups in total. The Hall–Kier alpha value is -3.07. The molecule has 3 aromatic carbocycles. The van der Waals surface area contributed by atoms with Gasteiger partial charge in [0.1, 0.15) is 5.75 Å². The number of hydrogen-bond acceptors (Lipinski definition) is 2. The van der Waals surface area contributed by atoms with E-state index in [-0.39, 0.29) is 17.6 Å². The van der Waals surface area contributed by atoms with Gasteiger partial charge in [-0.25, -0.2) is 0 Å². The first-order valence-electron chi connectivity index (χ1n) is 9.45. The number of rotatable bonds is 4. The Morgan fingerprint density at radius 2 is 1.74 bits per heavy atom. The Morgan fingerprint density at radius 1 is 0.963 bits per heavy atom. The molecule has 0 aliphatic heterocycles. The van der Waals surface area contributed by atoms with E-state index in [1.807, 2.05) is 60.7 Å². The second-order valence-corrected chi connectivity index (χ2v) is 7.05. The summed E-state index contributed by atoms with van der Waals surface area (Å²) in [5, 5.41) is 15.9. The fourth-order valence-electron chi connectivity index (χ4n) is 3.85. The van der Waals surface area contributed by atoms with Gasteiger partial charge < -0.3 is 10.4 Å². The van der Waals surface area contributed by atoms with Gasteiger partial charge in [0.2, 0.25) is 5.91 Å². The van der Waals surface area contributed by atoms with Gasteiger partial charge in [-0.1, -0.05) is 72.8 Å². The zero-order chi connectivity index (χ0) is 18.6. The Kier molecular flexibility index (Phi) is 4.93. The summed E-state index contributed by atoms with van der Waals surface area (Å²) >= 11 is 0. The monoisotopic (exact) mass is 357 g/mol. The fraction of sp³-hybridized carbons (Fsp3) is 0.208. The minimum Gasteiger partial charge on any atom is -0.508 e. The number of carbonyl (C=O) groups excluding carboxylic acids is 1. The summed E-state index contributed by atoms with van der Waals surface area (Å²) in [6.07, 6.45) is 6.80. The highest BCUT2D eigenvalue weighted by molar-refractivity contribution is 5.89. The molecule has 0 heterocycles. The van der Waals surface area contributed by atoms with E-state index in [1.165, 1.54) is 0 Å². The molecule has 0 bridgehead atoms. The zero-order valence-electron chi connectivity index (χ0n) is 15.1. The Morgan fingerprint density at radius 3 is 2.52 bits per heavy atom. The molecule has 2 unspecified atom stereocenters. The normalized spacial score (nSPS) is 17.6. The van der Waals surface area contributed by atoms with Gasteiger partial charge in [-0.3, -0.25) is 4.79 Å². The molecule has 4 rings (SSSR count). The van der Waals surface area contributed by atoms with Crippen LogP contribution in [0.5, 0.6) is 5.75 Å². The molecule has 1 amide bonds. The van der Waals surface area contributed by atoms with Crippen molar-refractivity contribution < 1.29 is 9.90 Å². The number of carbonyl (C=O) groups is 1. The quantitative estimate of drug-likeness (QED) is 0.638. The lowest BCUT2D eigenvalue weighted by atomic mass is 9.90. The highest BCUT2D eigenvalue weighted by Gasteiger charge is 2.26. The van der Waals surface area contributed by atoms with Gasteiger partial charge in [-0.15, -0.1) is 0 Å². The molecule has 136 valence electrons. The predicted molar refractivity (Wildman–Crippen MR) is 109 cm³/mol. The number of aromatic hydroxyl groups is 1. The minimum absolute atomic E-state index is 0.0154. The molecule has 0 saturated heterocycles. The number of nitrogens with one attached hydrogen (secondary N) is 1. The van der Waals surface area contributed by atoms with Crippen LogP contribution in [-0.4, -0.2) is 11.0 Å². The summed E-state index contributed by atoms with van der Waals surface area (Å²) in [7, 11) is 0. The lowest BCUT2D eigenvalue weighted by molar-refractivity contribution is -0.125. The molecule has 1 aliphatic rings. The average molecular weight is 357 g/mol. The molecular weight excluding hydrogens is 334 g/mol. The maximum Gasteiger partial charge on any atom is 0.224 e. The highest BCUT2D eigenvalue weighted by atomic mass is 16.3. The molecule has 0 aromatic heterocycles. The van der Waals surface area contributed by atoms with Gasteiger partial charge in [0, 0.05) is 11.5 Å². The topological polar surface area (TPSA) is 49.3 Å². The van der Waals surface area contributed by atoms with E-state index in [0.29, 0.717) is 0 Å². The summed E-state index contributed by atoms with van der Waals surface area (Å²) in [5.74, 6) is 0.227. The first kappa shape index (κ1) is 17.3. The van der Waals surface area contributed by atoms with Crippen LogP contribution in [0.3, 0.4) is 0 Å². The van der Waals surface area contributed by atoms with Crippen molar-refractivity contribution in [2.24, 2.45) is 5.92 Å². The Balaban J connectivity index is 1.79. The molecule has 0 radical (unpaired) electrons. The van der Waals surface area contributed by atoms with Crippen LogP contribution in [0.15, 0.2) is 78.9 Å². The molecule has 3 aromatic rings. The van der Waals surface area contributed by atoms with Crippen LogP contribution in [0.25, 0.3) is 10.8 Å². The lowest BCUT2D eigenvalue weighted by Crippen LogP contribution is -2.35. The highest BCUT2D eigenvalue weighted by Crippen LogP contribution is 2.36. The van der Waals surface area contributed by atoms with Crippen molar-refractivity contribution in [1.29, 1.82) is 0 Å². The lowest BCUT2D eigenvalue weighted by Gasteiger charge is -2.25. The van der Waals surface area contributed by atoms with Crippen LogP contribution >= 0.6 is 0 Å². The third-order valence-corrected chi connectivity index (χ3v) is 5.30. The maximum absolute atomic E-state index is 13.0. The van der Waals surface area contributed by atoms with Crippen LogP contribution in [0.2, 0.25) is 0 Å². The molecule has 3 heteroatoms. The van der Waals surface area contributed by atoms with Gasteiger partial charge in [0.05, 0.1) is 6.04 Å². The summed E-state index contributed by atoms with van der Waals surface area (Å²) in [4.78, 5) is 13.0. The number of phenolic OH excluding ortho intramolecular Hbond substituents is 1. The van der Waals surface area contributed by atoms with Crippen LogP contribution in [-0.2, 0) is 4.79 Å². The van der Waals surface area contributed by atoms with Gasteiger partial charge in [-0.2, -0.15) is 0 Å².